The highest BCUT2D eigenvalue weighted by molar-refractivity contribution is 9.10. The minimum atomic E-state index is 0.681. The zero-order valence-electron chi connectivity index (χ0n) is 12.7. The van der Waals surface area contributed by atoms with Crippen LogP contribution < -0.4 is 5.32 Å². The van der Waals surface area contributed by atoms with Crippen LogP contribution in [0.3, 0.4) is 0 Å². The van der Waals surface area contributed by atoms with E-state index in [9.17, 15) is 0 Å². The van der Waals surface area contributed by atoms with E-state index in [1.54, 1.807) is 0 Å². The van der Waals surface area contributed by atoms with Crippen LogP contribution in [0.25, 0.3) is 11.3 Å². The highest BCUT2D eigenvalue weighted by Crippen LogP contribution is 2.25. The Bertz CT molecular complexity index is 774. The first kappa shape index (κ1) is 14.9. The lowest BCUT2D eigenvalue weighted by Gasteiger charge is -2.10. The second kappa shape index (κ2) is 6.41. The summed E-state index contributed by atoms with van der Waals surface area (Å²) in [7, 11) is 0. The molecule has 0 saturated carbocycles. The molecule has 0 saturated heterocycles. The van der Waals surface area contributed by atoms with Crippen LogP contribution in [0.5, 0.6) is 0 Å². The zero-order valence-corrected chi connectivity index (χ0v) is 14.3. The summed E-state index contributed by atoms with van der Waals surface area (Å²) in [6.07, 6.45) is 0. The monoisotopic (exact) mass is 355 g/mol. The average molecular weight is 356 g/mol. The number of anilines is 1. The SMILES string of the molecule is Cc1cccc(NCc2ccc(-c3ccc(Br)cc3)o2)c1C. The Labute approximate surface area is 139 Å². The van der Waals surface area contributed by atoms with Crippen molar-refractivity contribution in [1.29, 1.82) is 0 Å². The van der Waals surface area contributed by atoms with Gasteiger partial charge in [0.25, 0.3) is 0 Å². The first-order chi connectivity index (χ1) is 10.6. The van der Waals surface area contributed by atoms with Gasteiger partial charge in [0.1, 0.15) is 11.5 Å². The van der Waals surface area contributed by atoms with Crippen LogP contribution in [-0.4, -0.2) is 0 Å². The van der Waals surface area contributed by atoms with Crippen molar-refractivity contribution in [3.05, 3.63) is 76.0 Å². The number of hydrogen-bond acceptors (Lipinski definition) is 2. The molecule has 0 fully saturated rings. The number of hydrogen-bond donors (Lipinski definition) is 1. The summed E-state index contributed by atoms with van der Waals surface area (Å²) < 4.78 is 6.99. The summed E-state index contributed by atoms with van der Waals surface area (Å²) in [5.74, 6) is 1.82. The molecule has 0 aliphatic rings. The molecule has 1 heterocycles. The van der Waals surface area contributed by atoms with Crippen LogP contribution in [0.4, 0.5) is 5.69 Å². The quantitative estimate of drug-likeness (QED) is 0.626. The fourth-order valence-electron chi connectivity index (χ4n) is 2.37. The maximum atomic E-state index is 5.92. The normalized spacial score (nSPS) is 10.7. The number of furan rings is 1. The molecule has 1 N–H and O–H groups in total. The second-order valence-corrected chi connectivity index (χ2v) is 6.29. The predicted octanol–water partition coefficient (Wildman–Crippen LogP) is 5.94. The fourth-order valence-corrected chi connectivity index (χ4v) is 2.63. The van der Waals surface area contributed by atoms with Crippen molar-refractivity contribution >= 4 is 21.6 Å². The largest absolute Gasteiger partial charge is 0.459 e. The first-order valence-electron chi connectivity index (χ1n) is 7.28. The Morgan fingerprint density at radius 1 is 0.955 bits per heavy atom. The molecule has 0 atom stereocenters. The lowest BCUT2D eigenvalue weighted by Crippen LogP contribution is -2.00. The molecular weight excluding hydrogens is 338 g/mol. The highest BCUT2D eigenvalue weighted by atomic mass is 79.9. The second-order valence-electron chi connectivity index (χ2n) is 5.37. The van der Waals surface area contributed by atoms with E-state index in [-0.39, 0.29) is 0 Å². The summed E-state index contributed by atoms with van der Waals surface area (Å²) in [5.41, 5.74) is 4.81. The summed E-state index contributed by atoms with van der Waals surface area (Å²) >= 11 is 3.45. The third-order valence-corrected chi connectivity index (χ3v) is 4.38. The van der Waals surface area contributed by atoms with E-state index in [0.29, 0.717) is 6.54 Å². The highest BCUT2D eigenvalue weighted by Gasteiger charge is 2.06. The summed E-state index contributed by atoms with van der Waals surface area (Å²) in [4.78, 5) is 0. The minimum absolute atomic E-state index is 0.681. The molecule has 0 unspecified atom stereocenters. The van der Waals surface area contributed by atoms with Gasteiger partial charge in [-0.25, -0.2) is 0 Å². The molecule has 0 amide bonds. The number of benzene rings is 2. The van der Waals surface area contributed by atoms with Crippen LogP contribution in [-0.2, 0) is 6.54 Å². The van der Waals surface area contributed by atoms with E-state index < -0.39 is 0 Å². The van der Waals surface area contributed by atoms with Gasteiger partial charge in [0.15, 0.2) is 0 Å². The molecular formula is C19H18BrNO. The molecule has 3 rings (SSSR count). The molecule has 3 heteroatoms. The van der Waals surface area contributed by atoms with Crippen LogP contribution >= 0.6 is 15.9 Å². The Morgan fingerprint density at radius 3 is 2.50 bits per heavy atom. The van der Waals surface area contributed by atoms with Gasteiger partial charge in [0.2, 0.25) is 0 Å². The molecule has 0 spiro atoms. The first-order valence-corrected chi connectivity index (χ1v) is 8.07. The van der Waals surface area contributed by atoms with Crippen molar-refractivity contribution in [1.82, 2.24) is 0 Å². The molecule has 2 aromatic carbocycles. The van der Waals surface area contributed by atoms with Gasteiger partial charge in [-0.05, 0) is 55.3 Å². The van der Waals surface area contributed by atoms with Crippen molar-refractivity contribution in [3.8, 4) is 11.3 Å². The van der Waals surface area contributed by atoms with E-state index in [1.807, 2.05) is 36.4 Å². The third-order valence-electron chi connectivity index (χ3n) is 3.85. The maximum absolute atomic E-state index is 5.92. The van der Waals surface area contributed by atoms with E-state index in [1.165, 1.54) is 11.1 Å². The van der Waals surface area contributed by atoms with Crippen LogP contribution in [0.1, 0.15) is 16.9 Å². The van der Waals surface area contributed by atoms with Crippen molar-refractivity contribution < 1.29 is 4.42 Å². The molecule has 0 aliphatic carbocycles. The summed E-state index contributed by atoms with van der Waals surface area (Å²) in [5, 5.41) is 3.44. The Morgan fingerprint density at radius 2 is 1.73 bits per heavy atom. The molecule has 0 bridgehead atoms. The fraction of sp³-hybridized carbons (Fsp3) is 0.158. The van der Waals surface area contributed by atoms with Gasteiger partial charge in [-0.15, -0.1) is 0 Å². The van der Waals surface area contributed by atoms with E-state index in [0.717, 1.165) is 27.2 Å². The van der Waals surface area contributed by atoms with Crippen LogP contribution in [0.15, 0.2) is 63.5 Å². The predicted molar refractivity (Wildman–Crippen MR) is 95.1 cm³/mol. The van der Waals surface area contributed by atoms with Gasteiger partial charge >= 0.3 is 0 Å². The van der Waals surface area contributed by atoms with Crippen LogP contribution in [0, 0.1) is 13.8 Å². The smallest absolute Gasteiger partial charge is 0.134 e. The molecule has 22 heavy (non-hydrogen) atoms. The molecule has 1 aromatic heterocycles. The number of aryl methyl sites for hydroxylation is 1. The minimum Gasteiger partial charge on any atom is -0.459 e. The number of nitrogens with one attached hydrogen (secondary N) is 1. The van der Waals surface area contributed by atoms with E-state index >= 15 is 0 Å². The van der Waals surface area contributed by atoms with Gasteiger partial charge in [-0.2, -0.15) is 0 Å². The summed E-state index contributed by atoms with van der Waals surface area (Å²) in [6, 6.07) is 18.5. The van der Waals surface area contributed by atoms with Crippen molar-refractivity contribution in [3.63, 3.8) is 0 Å². The van der Waals surface area contributed by atoms with Gasteiger partial charge in [0, 0.05) is 15.7 Å². The van der Waals surface area contributed by atoms with E-state index in [4.69, 9.17) is 4.42 Å². The van der Waals surface area contributed by atoms with Crippen molar-refractivity contribution in [2.24, 2.45) is 0 Å². The van der Waals surface area contributed by atoms with Gasteiger partial charge in [0.05, 0.1) is 6.54 Å². The van der Waals surface area contributed by atoms with E-state index in [2.05, 4.69) is 53.3 Å². The topological polar surface area (TPSA) is 25.2 Å². The lowest BCUT2D eigenvalue weighted by atomic mass is 10.1. The van der Waals surface area contributed by atoms with Gasteiger partial charge < -0.3 is 9.73 Å². The van der Waals surface area contributed by atoms with Crippen LogP contribution in [0.2, 0.25) is 0 Å². The average Bonchev–Trinajstić information content (AvgIpc) is 2.98. The van der Waals surface area contributed by atoms with Gasteiger partial charge in [-0.3, -0.25) is 0 Å². The Hall–Kier alpha value is -2.00. The van der Waals surface area contributed by atoms with Crippen molar-refractivity contribution in [2.75, 3.05) is 5.32 Å². The molecule has 0 aliphatic heterocycles. The number of rotatable bonds is 4. The number of halogens is 1. The zero-order chi connectivity index (χ0) is 15.5. The molecule has 112 valence electrons. The third kappa shape index (κ3) is 3.25. The standard InChI is InChI=1S/C19H18BrNO/c1-13-4-3-5-18(14(13)2)21-12-17-10-11-19(22-17)15-6-8-16(20)9-7-15/h3-11,21H,12H2,1-2H3. The summed E-state index contributed by atoms with van der Waals surface area (Å²) in [6.45, 7) is 4.94. The molecule has 2 nitrogen and oxygen atoms in total. The Kier molecular flexibility index (Phi) is 4.34. The van der Waals surface area contributed by atoms with Crippen molar-refractivity contribution in [2.45, 2.75) is 20.4 Å². The van der Waals surface area contributed by atoms with Gasteiger partial charge in [-0.1, -0.05) is 40.2 Å². The lowest BCUT2D eigenvalue weighted by molar-refractivity contribution is 0.531. The Balaban J connectivity index is 1.72. The molecule has 0 radical (unpaired) electrons. The maximum Gasteiger partial charge on any atom is 0.134 e. The molecule has 3 aromatic rings.